The summed E-state index contributed by atoms with van der Waals surface area (Å²) in [6, 6.07) is 24.9. The third-order valence-electron chi connectivity index (χ3n) is 5.74. The lowest BCUT2D eigenvalue weighted by Gasteiger charge is -2.29. The van der Waals surface area contributed by atoms with Gasteiger partial charge in [-0.25, -0.2) is 0 Å². The third-order valence-corrected chi connectivity index (χ3v) is 5.74. The highest BCUT2D eigenvalue weighted by Gasteiger charge is 2.25. The quantitative estimate of drug-likeness (QED) is 0.256. The van der Waals surface area contributed by atoms with Gasteiger partial charge in [-0.15, -0.1) is 6.58 Å². The first kappa shape index (κ1) is 27.0. The maximum Gasteiger partial charge on any atom is 0.160 e. The van der Waals surface area contributed by atoms with Crippen LogP contribution in [0.3, 0.4) is 0 Å². The van der Waals surface area contributed by atoms with Crippen LogP contribution in [0.25, 0.3) is 0 Å². The second-order valence-electron chi connectivity index (χ2n) is 8.39. The molecular weight excluding hydrogens is 454 g/mol. The fourth-order valence-corrected chi connectivity index (χ4v) is 3.84. The van der Waals surface area contributed by atoms with Crippen LogP contribution in [0.2, 0.25) is 0 Å². The number of carbonyl (C=O) groups excluding carboxylic acids is 1. The molecule has 6 nitrogen and oxygen atoms in total. The fraction of sp³-hybridized carbons (Fsp3) is 0.300. The van der Waals surface area contributed by atoms with Gasteiger partial charge in [0, 0.05) is 6.42 Å². The van der Waals surface area contributed by atoms with Crippen LogP contribution < -0.4 is 14.8 Å². The molecule has 3 rings (SSSR count). The number of rotatable bonds is 16. The zero-order chi connectivity index (χ0) is 25.6. The summed E-state index contributed by atoms with van der Waals surface area (Å²) in [5.41, 5.74) is 2.84. The smallest absolute Gasteiger partial charge is 0.160 e. The van der Waals surface area contributed by atoms with Gasteiger partial charge in [0.05, 0.1) is 45.3 Å². The molecule has 0 aliphatic heterocycles. The molecule has 0 aliphatic rings. The van der Waals surface area contributed by atoms with Gasteiger partial charge in [0.1, 0.15) is 18.1 Å². The first-order chi connectivity index (χ1) is 17.6. The number of para-hydroxylation sites is 2. The molecule has 6 heteroatoms. The van der Waals surface area contributed by atoms with E-state index in [2.05, 4.69) is 11.9 Å². The summed E-state index contributed by atoms with van der Waals surface area (Å²) in [5.74, 6) is 1.46. The van der Waals surface area contributed by atoms with E-state index >= 15 is 0 Å². The number of nitrogens with one attached hydrogen (secondary N) is 1. The molecule has 0 saturated carbocycles. The molecule has 0 heterocycles. The second-order valence-corrected chi connectivity index (χ2v) is 8.39. The lowest BCUT2D eigenvalue weighted by atomic mass is 10.0. The Morgan fingerprint density at radius 2 is 1.58 bits per heavy atom. The number of hydrogen-bond acceptors (Lipinski definition) is 6. The maximum atomic E-state index is 13.0. The van der Waals surface area contributed by atoms with Crippen molar-refractivity contribution < 1.29 is 23.7 Å². The largest absolute Gasteiger partial charge is 0.497 e. The van der Waals surface area contributed by atoms with E-state index in [-0.39, 0.29) is 31.0 Å². The van der Waals surface area contributed by atoms with Gasteiger partial charge in [-0.2, -0.15) is 0 Å². The highest BCUT2D eigenvalue weighted by atomic mass is 16.5. The molecular formula is C30H35NO5. The van der Waals surface area contributed by atoms with E-state index in [4.69, 9.17) is 18.9 Å². The summed E-state index contributed by atoms with van der Waals surface area (Å²) in [6.07, 6.45) is 2.35. The molecule has 36 heavy (non-hydrogen) atoms. The molecule has 2 unspecified atom stereocenters. The molecule has 3 aromatic rings. The average Bonchev–Trinajstić information content (AvgIpc) is 2.92. The lowest BCUT2D eigenvalue weighted by Crippen LogP contribution is -2.38. The Bertz CT molecular complexity index is 1070. The van der Waals surface area contributed by atoms with E-state index in [1.165, 1.54) is 0 Å². The zero-order valence-electron chi connectivity index (χ0n) is 21.0. The number of ketones is 1. The van der Waals surface area contributed by atoms with Crippen molar-refractivity contribution in [1.29, 1.82) is 0 Å². The Labute approximate surface area is 213 Å². The number of anilines is 1. The first-order valence-corrected chi connectivity index (χ1v) is 12.0. The molecule has 0 radical (unpaired) electrons. The molecule has 3 aromatic carbocycles. The van der Waals surface area contributed by atoms with E-state index in [1.54, 1.807) is 14.2 Å². The Morgan fingerprint density at radius 3 is 2.28 bits per heavy atom. The highest BCUT2D eigenvalue weighted by Crippen LogP contribution is 2.26. The minimum Gasteiger partial charge on any atom is -0.497 e. The summed E-state index contributed by atoms with van der Waals surface area (Å²) < 4.78 is 22.7. The minimum absolute atomic E-state index is 0.00955. The minimum atomic E-state index is -0.305. The van der Waals surface area contributed by atoms with Gasteiger partial charge in [0.15, 0.2) is 5.78 Å². The predicted octanol–water partition coefficient (Wildman–Crippen LogP) is 5.82. The van der Waals surface area contributed by atoms with E-state index in [1.807, 2.05) is 84.9 Å². The summed E-state index contributed by atoms with van der Waals surface area (Å²) in [4.78, 5) is 13.0. The molecule has 0 fully saturated rings. The van der Waals surface area contributed by atoms with Crippen molar-refractivity contribution in [2.24, 2.45) is 0 Å². The summed E-state index contributed by atoms with van der Waals surface area (Å²) in [7, 11) is 3.25. The van der Waals surface area contributed by atoms with Gasteiger partial charge in [-0.05, 0) is 41.8 Å². The third kappa shape index (κ3) is 8.56. The summed E-state index contributed by atoms with van der Waals surface area (Å²) in [6.45, 7) is 4.70. The van der Waals surface area contributed by atoms with E-state index < -0.39 is 0 Å². The molecule has 0 bridgehead atoms. The number of benzene rings is 3. The van der Waals surface area contributed by atoms with E-state index in [0.29, 0.717) is 25.4 Å². The van der Waals surface area contributed by atoms with Crippen LogP contribution in [-0.4, -0.2) is 38.8 Å². The van der Waals surface area contributed by atoms with Crippen molar-refractivity contribution in [2.45, 2.75) is 38.2 Å². The van der Waals surface area contributed by atoms with Crippen LogP contribution in [-0.2, 0) is 27.5 Å². The number of carbonyl (C=O) groups is 1. The summed E-state index contributed by atoms with van der Waals surface area (Å²) in [5, 5.41) is 3.48. The summed E-state index contributed by atoms with van der Waals surface area (Å²) >= 11 is 0. The molecule has 0 aromatic heterocycles. The van der Waals surface area contributed by atoms with Crippen molar-refractivity contribution in [2.75, 3.05) is 26.1 Å². The van der Waals surface area contributed by atoms with Gasteiger partial charge in [-0.3, -0.25) is 4.79 Å². The fourth-order valence-electron chi connectivity index (χ4n) is 3.84. The Kier molecular flexibility index (Phi) is 11.0. The maximum absolute atomic E-state index is 13.0. The van der Waals surface area contributed by atoms with Crippen molar-refractivity contribution in [1.82, 2.24) is 0 Å². The standard InChI is InChI=1S/C30H35NO5/c1-4-10-30(36-21-23-11-6-5-7-12-23)28(31-27-13-8-9-14-29(27)34-3)19-25(32)22-35-20-24-15-17-26(33-2)18-16-24/h4-9,11-18,28,30-31H,1,10,19-22H2,2-3H3. The van der Waals surface area contributed by atoms with E-state index in [9.17, 15) is 4.79 Å². The van der Waals surface area contributed by atoms with E-state index in [0.717, 1.165) is 22.6 Å². The molecule has 0 aliphatic carbocycles. The van der Waals surface area contributed by atoms with Gasteiger partial charge in [-0.1, -0.05) is 60.7 Å². The van der Waals surface area contributed by atoms with Gasteiger partial charge < -0.3 is 24.3 Å². The Morgan fingerprint density at radius 1 is 0.889 bits per heavy atom. The Hall–Kier alpha value is -3.61. The van der Waals surface area contributed by atoms with Crippen molar-refractivity contribution >= 4 is 11.5 Å². The molecule has 0 spiro atoms. The normalized spacial score (nSPS) is 12.4. The molecule has 1 N–H and O–H groups in total. The van der Waals surface area contributed by atoms with Gasteiger partial charge in [0.25, 0.3) is 0 Å². The van der Waals surface area contributed by atoms with Crippen molar-refractivity contribution in [3.8, 4) is 11.5 Å². The molecule has 0 amide bonds. The zero-order valence-corrected chi connectivity index (χ0v) is 21.0. The first-order valence-electron chi connectivity index (χ1n) is 12.0. The van der Waals surface area contributed by atoms with Crippen LogP contribution in [0.15, 0.2) is 91.5 Å². The number of ether oxygens (including phenoxy) is 4. The number of hydrogen-bond donors (Lipinski definition) is 1. The SMILES string of the molecule is C=CCC(OCc1ccccc1)C(CC(=O)COCc1ccc(OC)cc1)Nc1ccccc1OC. The number of methoxy groups -OCH3 is 2. The van der Waals surface area contributed by atoms with Crippen LogP contribution in [0.5, 0.6) is 11.5 Å². The Balaban J connectivity index is 1.67. The van der Waals surface area contributed by atoms with Crippen LogP contribution in [0, 0.1) is 0 Å². The van der Waals surface area contributed by atoms with Crippen LogP contribution in [0.1, 0.15) is 24.0 Å². The second kappa shape index (κ2) is 14.7. The average molecular weight is 490 g/mol. The van der Waals surface area contributed by atoms with Gasteiger partial charge >= 0.3 is 0 Å². The lowest BCUT2D eigenvalue weighted by molar-refractivity contribution is -0.125. The van der Waals surface area contributed by atoms with Gasteiger partial charge in [0.2, 0.25) is 0 Å². The van der Waals surface area contributed by atoms with Crippen LogP contribution in [0.4, 0.5) is 5.69 Å². The van der Waals surface area contributed by atoms with Crippen molar-refractivity contribution in [3.05, 3.63) is 103 Å². The van der Waals surface area contributed by atoms with Crippen LogP contribution >= 0.6 is 0 Å². The predicted molar refractivity (Wildman–Crippen MR) is 143 cm³/mol. The highest BCUT2D eigenvalue weighted by molar-refractivity contribution is 5.81. The molecule has 2 atom stereocenters. The van der Waals surface area contributed by atoms with Crippen molar-refractivity contribution in [3.63, 3.8) is 0 Å². The molecule has 0 saturated heterocycles. The topological polar surface area (TPSA) is 66.0 Å². The monoisotopic (exact) mass is 489 g/mol. The molecule has 190 valence electrons. The number of Topliss-reactive ketones (excluding diaryl/α,β-unsaturated/α-hetero) is 1.